The third-order valence-electron chi connectivity index (χ3n) is 6.41. The molecule has 0 aliphatic heterocycles. The van der Waals surface area contributed by atoms with Crippen LogP contribution in [-0.2, 0) is 12.5 Å². The van der Waals surface area contributed by atoms with Gasteiger partial charge in [-0.05, 0) is 36.8 Å². The van der Waals surface area contributed by atoms with Crippen LogP contribution >= 0.6 is 0 Å². The van der Waals surface area contributed by atoms with E-state index in [1.807, 2.05) is 49.1 Å². The lowest BCUT2D eigenvalue weighted by molar-refractivity contribution is 0.553. The van der Waals surface area contributed by atoms with Crippen LogP contribution in [0.5, 0.6) is 0 Å². The van der Waals surface area contributed by atoms with Crippen LogP contribution in [0.25, 0.3) is 33.4 Å². The van der Waals surface area contributed by atoms with Crippen LogP contribution in [0.4, 0.5) is 23.1 Å². The monoisotopic (exact) mass is 493 g/mol. The minimum Gasteiger partial charge on any atom is -0.383 e. The van der Waals surface area contributed by atoms with Crippen LogP contribution in [0.1, 0.15) is 32.0 Å². The van der Waals surface area contributed by atoms with E-state index in [0.29, 0.717) is 11.6 Å². The Bertz CT molecular complexity index is 1610. The first-order valence-electron chi connectivity index (χ1n) is 12.1. The third-order valence-corrected chi connectivity index (χ3v) is 6.41. The molecule has 0 fully saturated rings. The average Bonchev–Trinajstić information content (AvgIpc) is 3.28. The number of nitrogens with zero attached hydrogens (tertiary/aromatic N) is 6. The highest BCUT2D eigenvalue weighted by molar-refractivity contribution is 6.03. The number of hydrogen-bond acceptors (Lipinski definition) is 8. The number of pyridine rings is 2. The van der Waals surface area contributed by atoms with Gasteiger partial charge in [-0.25, -0.2) is 19.9 Å². The van der Waals surface area contributed by atoms with Crippen LogP contribution in [0.3, 0.4) is 0 Å². The Labute approximate surface area is 216 Å². The maximum atomic E-state index is 6.49. The summed E-state index contributed by atoms with van der Waals surface area (Å²) in [6.45, 7) is 8.50. The second-order valence-electron chi connectivity index (χ2n) is 10.1. The zero-order valence-corrected chi connectivity index (χ0v) is 22.0. The minimum atomic E-state index is -0.0781. The first-order valence-corrected chi connectivity index (χ1v) is 12.1. The summed E-state index contributed by atoms with van der Waals surface area (Å²) < 4.78 is 1.86. The normalized spacial score (nSPS) is 11.6. The zero-order valence-electron chi connectivity index (χ0n) is 22.0. The molecular formula is C28H31N9. The number of fused-ring (bicyclic) bond motifs is 1. The molecule has 4 aromatic heterocycles. The molecule has 0 unspecified atom stereocenters. The number of nitrogens with one attached hydrogen (secondary N) is 2. The summed E-state index contributed by atoms with van der Waals surface area (Å²) in [5, 5.41) is 13.2. The Balaban J connectivity index is 1.65. The molecule has 0 saturated carbocycles. The van der Waals surface area contributed by atoms with Gasteiger partial charge < -0.3 is 16.4 Å². The molecule has 9 nitrogen and oxygen atoms in total. The van der Waals surface area contributed by atoms with E-state index in [2.05, 4.69) is 65.4 Å². The van der Waals surface area contributed by atoms with E-state index < -0.39 is 0 Å². The molecule has 0 amide bonds. The van der Waals surface area contributed by atoms with Crippen LogP contribution in [0.15, 0.2) is 55.0 Å². The Hall–Kier alpha value is -4.53. The summed E-state index contributed by atoms with van der Waals surface area (Å²) in [7, 11) is 3.76. The second-order valence-corrected chi connectivity index (χ2v) is 10.1. The lowest BCUT2D eigenvalue weighted by Crippen LogP contribution is -2.12. The van der Waals surface area contributed by atoms with Crippen molar-refractivity contribution in [3.63, 3.8) is 0 Å². The van der Waals surface area contributed by atoms with E-state index in [4.69, 9.17) is 15.8 Å². The standard InChI is InChI=1S/C28H31N9/c1-16-9-10-17-19(12-21(34-26(17)29)22-14-23(28(2,3)4)36-37(22)6)25(16)35-27-18(8-7-11-31-27)20-13-24(30-5)33-15-32-20/h7-15H,1-6H3,(H2,29,34)(H,31,35)(H,30,32,33). The molecule has 0 spiro atoms. The predicted octanol–water partition coefficient (Wildman–Crippen LogP) is 5.46. The molecule has 0 atom stereocenters. The van der Waals surface area contributed by atoms with Gasteiger partial charge in [-0.1, -0.05) is 32.9 Å². The van der Waals surface area contributed by atoms with Crippen molar-refractivity contribution in [2.75, 3.05) is 23.4 Å². The van der Waals surface area contributed by atoms with E-state index in [9.17, 15) is 0 Å². The summed E-state index contributed by atoms with van der Waals surface area (Å²) in [6.07, 6.45) is 3.30. The average molecular weight is 494 g/mol. The van der Waals surface area contributed by atoms with Gasteiger partial charge in [-0.2, -0.15) is 5.10 Å². The van der Waals surface area contributed by atoms with Crippen molar-refractivity contribution in [2.45, 2.75) is 33.1 Å². The number of aromatic nitrogens is 6. The highest BCUT2D eigenvalue weighted by Crippen LogP contribution is 2.37. The van der Waals surface area contributed by atoms with Gasteiger partial charge in [-0.15, -0.1) is 0 Å². The highest BCUT2D eigenvalue weighted by Gasteiger charge is 2.21. The minimum absolute atomic E-state index is 0.0781. The Morgan fingerprint density at radius 3 is 2.49 bits per heavy atom. The molecule has 5 aromatic rings. The van der Waals surface area contributed by atoms with Crippen molar-refractivity contribution in [2.24, 2.45) is 7.05 Å². The maximum absolute atomic E-state index is 6.49. The summed E-state index contributed by atoms with van der Waals surface area (Å²) in [5.74, 6) is 1.88. The predicted molar refractivity (Wildman–Crippen MR) is 150 cm³/mol. The van der Waals surface area contributed by atoms with E-state index in [0.717, 1.165) is 56.2 Å². The number of nitrogens with two attached hydrogens (primary N) is 1. The Morgan fingerprint density at radius 2 is 1.76 bits per heavy atom. The molecule has 4 heterocycles. The van der Waals surface area contributed by atoms with Gasteiger partial charge in [0.15, 0.2) is 0 Å². The molecule has 0 saturated heterocycles. The smallest absolute Gasteiger partial charge is 0.139 e. The van der Waals surface area contributed by atoms with Gasteiger partial charge >= 0.3 is 0 Å². The van der Waals surface area contributed by atoms with E-state index >= 15 is 0 Å². The number of nitrogen functional groups attached to an aromatic ring is 1. The Kier molecular flexibility index (Phi) is 5.99. The quantitative estimate of drug-likeness (QED) is 0.295. The SMILES string of the molecule is CNc1cc(-c2cccnc2Nc2c(C)ccc3c(N)nc(-c4cc(C(C)(C)C)nn4C)cc23)ncn1. The van der Waals surface area contributed by atoms with Gasteiger partial charge in [0.2, 0.25) is 0 Å². The van der Waals surface area contributed by atoms with Gasteiger partial charge in [-0.3, -0.25) is 4.68 Å². The molecule has 5 rings (SSSR count). The summed E-state index contributed by atoms with van der Waals surface area (Å²) in [5.41, 5.74) is 12.7. The largest absolute Gasteiger partial charge is 0.383 e. The molecule has 0 radical (unpaired) electrons. The molecular weight excluding hydrogens is 462 g/mol. The topological polar surface area (TPSA) is 119 Å². The number of rotatable bonds is 5. The molecule has 0 aliphatic carbocycles. The summed E-state index contributed by atoms with van der Waals surface area (Å²) >= 11 is 0. The molecule has 188 valence electrons. The van der Waals surface area contributed by atoms with Gasteiger partial charge in [0.05, 0.1) is 28.5 Å². The van der Waals surface area contributed by atoms with Crippen molar-refractivity contribution >= 4 is 33.9 Å². The lowest BCUT2D eigenvalue weighted by Gasteiger charge is -2.17. The molecule has 1 aromatic carbocycles. The number of benzene rings is 1. The van der Waals surface area contributed by atoms with Crippen molar-refractivity contribution in [3.8, 4) is 22.6 Å². The lowest BCUT2D eigenvalue weighted by atomic mass is 9.92. The van der Waals surface area contributed by atoms with Crippen molar-refractivity contribution in [1.29, 1.82) is 0 Å². The van der Waals surface area contributed by atoms with Crippen molar-refractivity contribution < 1.29 is 0 Å². The first-order chi connectivity index (χ1) is 17.7. The fourth-order valence-electron chi connectivity index (χ4n) is 4.30. The van der Waals surface area contributed by atoms with E-state index in [1.165, 1.54) is 0 Å². The van der Waals surface area contributed by atoms with E-state index in [-0.39, 0.29) is 5.41 Å². The fraction of sp³-hybridized carbons (Fsp3) is 0.250. The molecule has 37 heavy (non-hydrogen) atoms. The van der Waals surface area contributed by atoms with Gasteiger partial charge in [0.25, 0.3) is 0 Å². The Morgan fingerprint density at radius 1 is 0.946 bits per heavy atom. The first kappa shape index (κ1) is 24.2. The van der Waals surface area contributed by atoms with Gasteiger partial charge in [0.1, 0.15) is 23.8 Å². The molecule has 4 N–H and O–H groups in total. The fourth-order valence-corrected chi connectivity index (χ4v) is 4.30. The van der Waals surface area contributed by atoms with Crippen molar-refractivity contribution in [3.05, 3.63) is 66.2 Å². The molecule has 0 aliphatic rings. The molecule has 0 bridgehead atoms. The van der Waals surface area contributed by atoms with Gasteiger partial charge in [0, 0.05) is 48.1 Å². The van der Waals surface area contributed by atoms with E-state index in [1.54, 1.807) is 12.5 Å². The third kappa shape index (κ3) is 4.55. The zero-order chi connectivity index (χ0) is 26.3. The molecule has 9 heteroatoms. The number of anilines is 4. The van der Waals surface area contributed by atoms with Crippen molar-refractivity contribution in [1.82, 2.24) is 29.7 Å². The summed E-state index contributed by atoms with van der Waals surface area (Å²) in [4.78, 5) is 18.1. The highest BCUT2D eigenvalue weighted by atomic mass is 15.3. The van der Waals surface area contributed by atoms with Crippen LogP contribution in [-0.4, -0.2) is 36.8 Å². The number of aryl methyl sites for hydroxylation is 2. The summed E-state index contributed by atoms with van der Waals surface area (Å²) in [6, 6.07) is 14.0. The number of hydrogen-bond donors (Lipinski definition) is 3. The van der Waals surface area contributed by atoms with Crippen LogP contribution in [0, 0.1) is 6.92 Å². The van der Waals surface area contributed by atoms with Crippen LogP contribution in [0.2, 0.25) is 0 Å². The van der Waals surface area contributed by atoms with Crippen LogP contribution < -0.4 is 16.4 Å². The second kappa shape index (κ2) is 9.16. The maximum Gasteiger partial charge on any atom is 0.139 e.